The van der Waals surface area contributed by atoms with Crippen molar-refractivity contribution in [3.8, 4) is 5.75 Å². The van der Waals surface area contributed by atoms with Gasteiger partial charge in [0.2, 0.25) is 0 Å². The van der Waals surface area contributed by atoms with Crippen molar-refractivity contribution in [2.24, 2.45) is 0 Å². The standard InChI is InChI=1S/C31H29F8N4O6/c1-15-10-20(30(34,35)36)26(43(47)41(15)2)19-6-5-16(18-4-3-8-49-27(18)19)11-23(29(45)46)40-28(44)25-21(32)12-17(13-22(25)33)42-7-9-48-14-24(42)31(37,38)39/h5-6,10,12-13,23-24H,3-4,7-9,11,14H2,1-2H3,(H,40,44)(H,45,46)/q-1/t23-,24+/m0/s1. The fourth-order valence-electron chi connectivity index (χ4n) is 5.92. The van der Waals surface area contributed by atoms with Gasteiger partial charge in [-0.05, 0) is 55.2 Å². The molecule has 2 N–H and O–H groups in total. The van der Waals surface area contributed by atoms with Gasteiger partial charge in [0.25, 0.3) is 5.91 Å². The van der Waals surface area contributed by atoms with Crippen molar-refractivity contribution in [2.45, 2.75) is 50.6 Å². The van der Waals surface area contributed by atoms with E-state index in [1.165, 1.54) is 20.0 Å². The maximum absolute atomic E-state index is 15.1. The average Bonchev–Trinajstić information content (AvgIpc) is 3.02. The van der Waals surface area contributed by atoms with Gasteiger partial charge in [-0.1, -0.05) is 6.07 Å². The van der Waals surface area contributed by atoms with E-state index in [2.05, 4.69) is 0 Å². The van der Waals surface area contributed by atoms with Crippen LogP contribution >= 0.6 is 0 Å². The summed E-state index contributed by atoms with van der Waals surface area (Å²) in [5.74, 6) is -6.33. The second-order valence-corrected chi connectivity index (χ2v) is 11.6. The van der Waals surface area contributed by atoms with Gasteiger partial charge in [0.1, 0.15) is 35.0 Å². The Bertz CT molecular complexity index is 1690. The number of morpholine rings is 1. The third kappa shape index (κ3) is 7.10. The van der Waals surface area contributed by atoms with E-state index in [4.69, 9.17) is 9.47 Å². The molecule has 0 aliphatic carbocycles. The molecule has 0 unspecified atom stereocenters. The van der Waals surface area contributed by atoms with Gasteiger partial charge < -0.3 is 40.2 Å². The average molecular weight is 706 g/mol. The molecule has 0 spiro atoms. The summed E-state index contributed by atoms with van der Waals surface area (Å²) in [6.07, 6.45) is -8.86. The molecule has 0 bridgehead atoms. The molecule has 2 aromatic rings. The lowest BCUT2D eigenvalue weighted by molar-refractivity contribution is -0.167. The first-order valence-electron chi connectivity index (χ1n) is 14.8. The molecule has 266 valence electrons. The van der Waals surface area contributed by atoms with Gasteiger partial charge in [-0.2, -0.15) is 26.3 Å². The third-order valence-electron chi connectivity index (χ3n) is 8.44. The second kappa shape index (κ2) is 13.4. The lowest BCUT2D eigenvalue weighted by atomic mass is 9.90. The van der Waals surface area contributed by atoms with Crippen LogP contribution in [0.25, 0.3) is 5.70 Å². The van der Waals surface area contributed by atoms with Crippen LogP contribution in [-0.2, 0) is 22.4 Å². The number of hydroxylamine groups is 1. The van der Waals surface area contributed by atoms with E-state index >= 15 is 8.78 Å². The van der Waals surface area contributed by atoms with Crippen molar-refractivity contribution in [3.63, 3.8) is 0 Å². The number of alkyl halides is 6. The van der Waals surface area contributed by atoms with Crippen molar-refractivity contribution < 1.29 is 59.3 Å². The van der Waals surface area contributed by atoms with Gasteiger partial charge in [0.05, 0.1) is 31.1 Å². The van der Waals surface area contributed by atoms with Crippen LogP contribution in [0.5, 0.6) is 5.75 Å². The zero-order chi connectivity index (χ0) is 36.0. The topological polar surface area (TPSA) is 118 Å². The summed E-state index contributed by atoms with van der Waals surface area (Å²) >= 11 is 0. The van der Waals surface area contributed by atoms with Crippen molar-refractivity contribution >= 4 is 23.3 Å². The molecule has 0 aromatic heterocycles. The molecule has 0 radical (unpaired) electrons. The maximum atomic E-state index is 15.1. The first-order valence-corrected chi connectivity index (χ1v) is 14.8. The lowest BCUT2D eigenvalue weighted by Crippen LogP contribution is -2.53. The van der Waals surface area contributed by atoms with E-state index in [-0.39, 0.29) is 59.5 Å². The number of benzene rings is 2. The molecule has 1 saturated heterocycles. The maximum Gasteiger partial charge on any atom is 0.418 e. The van der Waals surface area contributed by atoms with Gasteiger partial charge in [-0.25, -0.2) is 13.6 Å². The Hall–Kier alpha value is -4.58. The number of halogens is 8. The number of ether oxygens (including phenoxy) is 2. The number of anilines is 1. The monoisotopic (exact) mass is 705 g/mol. The van der Waals surface area contributed by atoms with Crippen LogP contribution in [0, 0.1) is 16.8 Å². The molecule has 10 nitrogen and oxygen atoms in total. The van der Waals surface area contributed by atoms with Crippen LogP contribution < -0.4 is 15.0 Å². The molecule has 3 aliphatic rings. The Morgan fingerprint density at radius 1 is 1.10 bits per heavy atom. The van der Waals surface area contributed by atoms with Crippen molar-refractivity contribution in [2.75, 3.05) is 38.3 Å². The van der Waals surface area contributed by atoms with Gasteiger partial charge >= 0.3 is 18.3 Å². The number of nitrogens with zero attached hydrogens (tertiary/aromatic N) is 3. The Kier molecular flexibility index (Phi) is 9.75. The van der Waals surface area contributed by atoms with E-state index in [1.54, 1.807) is 0 Å². The predicted octanol–water partition coefficient (Wildman–Crippen LogP) is 5.32. The summed E-state index contributed by atoms with van der Waals surface area (Å²) in [5, 5.41) is 26.0. The lowest BCUT2D eigenvalue weighted by Gasteiger charge is -2.46. The van der Waals surface area contributed by atoms with E-state index < -0.39 is 83.5 Å². The smallest absolute Gasteiger partial charge is 0.418 e. The first-order chi connectivity index (χ1) is 22.9. The number of rotatable bonds is 7. The summed E-state index contributed by atoms with van der Waals surface area (Å²) in [4.78, 5) is 25.9. The van der Waals surface area contributed by atoms with E-state index in [1.807, 2.05) is 5.32 Å². The highest BCUT2D eigenvalue weighted by atomic mass is 19.4. The molecule has 2 atom stereocenters. The number of aliphatic carboxylic acids is 1. The number of fused-ring (bicyclic) bond motifs is 1. The minimum Gasteiger partial charge on any atom is -0.738 e. The SMILES string of the molecule is CC1=CC(C(F)(F)F)=C(c2ccc(C[C@H](NC(=O)c3c(F)cc(N4CCOC[C@@H]4C(F)(F)F)cc3F)C(=O)O)c3c2OCCC3)N([O-])N1C. The third-order valence-corrected chi connectivity index (χ3v) is 8.44. The number of carbonyl (C=O) groups excluding carboxylic acids is 1. The van der Waals surface area contributed by atoms with Crippen LogP contribution in [0.2, 0.25) is 0 Å². The fourth-order valence-corrected chi connectivity index (χ4v) is 5.92. The van der Waals surface area contributed by atoms with Crippen LogP contribution in [0.3, 0.4) is 0 Å². The van der Waals surface area contributed by atoms with E-state index in [0.29, 0.717) is 23.5 Å². The molecule has 2 aromatic carbocycles. The normalized spacial score (nSPS) is 19.3. The highest BCUT2D eigenvalue weighted by molar-refractivity contribution is 5.97. The number of carboxylic acids is 1. The molecule has 3 aliphatic heterocycles. The molecule has 5 rings (SSSR count). The summed E-state index contributed by atoms with van der Waals surface area (Å²) < 4.78 is 124. The van der Waals surface area contributed by atoms with Crippen molar-refractivity contribution in [3.05, 3.63) is 80.7 Å². The summed E-state index contributed by atoms with van der Waals surface area (Å²) in [6, 6.07) is -0.527. The molecule has 3 heterocycles. The molecule has 49 heavy (non-hydrogen) atoms. The van der Waals surface area contributed by atoms with Crippen LogP contribution in [-0.4, -0.2) is 85.0 Å². The highest BCUT2D eigenvalue weighted by Crippen LogP contribution is 2.45. The first kappa shape index (κ1) is 35.7. The summed E-state index contributed by atoms with van der Waals surface area (Å²) in [7, 11) is 1.27. The predicted molar refractivity (Wildman–Crippen MR) is 157 cm³/mol. The number of nitrogens with one attached hydrogen (secondary N) is 1. The second-order valence-electron chi connectivity index (χ2n) is 11.6. The van der Waals surface area contributed by atoms with Crippen LogP contribution in [0.15, 0.2) is 41.6 Å². The zero-order valence-corrected chi connectivity index (χ0v) is 25.8. The van der Waals surface area contributed by atoms with E-state index in [9.17, 15) is 46.2 Å². The van der Waals surface area contributed by atoms with E-state index in [0.717, 1.165) is 17.2 Å². The molecule has 18 heteroatoms. The summed E-state index contributed by atoms with van der Waals surface area (Å²) in [5.41, 5.74) is -3.43. The number of hydrogen-bond acceptors (Lipinski definition) is 8. The molecule has 1 fully saturated rings. The zero-order valence-electron chi connectivity index (χ0n) is 25.8. The quantitative estimate of drug-likeness (QED) is 0.370. The number of carboxylic acid groups (broad SMARTS) is 1. The number of hydrazine groups is 1. The molecule has 1 amide bonds. The highest BCUT2D eigenvalue weighted by Gasteiger charge is 2.46. The Morgan fingerprint density at radius 2 is 1.78 bits per heavy atom. The Labute approximate surface area is 273 Å². The van der Waals surface area contributed by atoms with Crippen LogP contribution in [0.4, 0.5) is 40.8 Å². The molecular weight excluding hydrogens is 676 g/mol. The Morgan fingerprint density at radius 3 is 2.39 bits per heavy atom. The number of allylic oxidation sites excluding steroid dienone is 3. The minimum absolute atomic E-state index is 0.0200. The number of amides is 1. The largest absolute Gasteiger partial charge is 0.738 e. The van der Waals surface area contributed by atoms with Crippen LogP contribution in [0.1, 0.15) is 40.4 Å². The molecule has 0 saturated carbocycles. The van der Waals surface area contributed by atoms with Gasteiger partial charge in [0, 0.05) is 37.0 Å². The molecular formula is C31H29F8N4O6-. The van der Waals surface area contributed by atoms with Crippen molar-refractivity contribution in [1.29, 1.82) is 0 Å². The minimum atomic E-state index is -4.93. The van der Waals surface area contributed by atoms with Gasteiger partial charge in [-0.3, -0.25) is 4.79 Å². The number of hydrogen-bond donors (Lipinski definition) is 2. The fraction of sp³-hybridized carbons (Fsp3) is 0.419. The Balaban J connectivity index is 1.45. The number of carbonyl (C=O) groups is 2. The van der Waals surface area contributed by atoms with Crippen molar-refractivity contribution in [1.82, 2.24) is 15.5 Å². The summed E-state index contributed by atoms with van der Waals surface area (Å²) in [6.45, 7) is 0.107. The van der Waals surface area contributed by atoms with Gasteiger partial charge in [-0.15, -0.1) is 0 Å². The van der Waals surface area contributed by atoms with Gasteiger partial charge in [0.15, 0.2) is 0 Å².